The second-order valence-electron chi connectivity index (χ2n) is 4.85. The number of fused-ring (bicyclic) bond motifs is 1. The van der Waals surface area contributed by atoms with E-state index in [9.17, 15) is 9.90 Å². The summed E-state index contributed by atoms with van der Waals surface area (Å²) in [7, 11) is 1.52. The highest BCUT2D eigenvalue weighted by molar-refractivity contribution is 5.78. The Morgan fingerprint density at radius 1 is 1.33 bits per heavy atom. The van der Waals surface area contributed by atoms with Gasteiger partial charge in [0.15, 0.2) is 0 Å². The van der Waals surface area contributed by atoms with Gasteiger partial charge in [-0.3, -0.25) is 0 Å². The van der Waals surface area contributed by atoms with Crippen LogP contribution in [-0.4, -0.2) is 34.2 Å². The van der Waals surface area contributed by atoms with Crippen molar-refractivity contribution < 1.29 is 14.6 Å². The monoisotopic (exact) mass is 285 g/mol. The average Bonchev–Trinajstić information content (AvgIpc) is 2.53. The summed E-state index contributed by atoms with van der Waals surface area (Å²) in [5.41, 5.74) is 2.16. The van der Waals surface area contributed by atoms with E-state index in [4.69, 9.17) is 4.74 Å². The highest BCUT2D eigenvalue weighted by Gasteiger charge is 2.33. The largest absolute Gasteiger partial charge is 0.481 e. The number of methoxy groups -OCH3 is 1. The molecule has 0 radical (unpaired) electrons. The molecule has 1 aromatic carbocycles. The summed E-state index contributed by atoms with van der Waals surface area (Å²) in [6.45, 7) is 0.473. The predicted octanol–water partition coefficient (Wildman–Crippen LogP) is 1.50. The topological polar surface area (TPSA) is 75.5 Å². The van der Waals surface area contributed by atoms with Crippen LogP contribution in [0.1, 0.15) is 11.1 Å². The van der Waals surface area contributed by atoms with Gasteiger partial charge in [0.2, 0.25) is 11.8 Å². The fourth-order valence-electron chi connectivity index (χ4n) is 2.54. The van der Waals surface area contributed by atoms with Crippen molar-refractivity contribution in [3.8, 4) is 5.88 Å². The van der Waals surface area contributed by atoms with Gasteiger partial charge in [-0.2, -0.15) is 4.98 Å². The summed E-state index contributed by atoms with van der Waals surface area (Å²) in [5, 5.41) is 9.49. The smallest absolute Gasteiger partial charge is 0.326 e. The highest BCUT2D eigenvalue weighted by atomic mass is 16.5. The van der Waals surface area contributed by atoms with Gasteiger partial charge in [0.1, 0.15) is 6.04 Å². The minimum atomic E-state index is -0.879. The summed E-state index contributed by atoms with van der Waals surface area (Å²) in [5.74, 6) is -0.0878. The number of carboxylic acids is 1. The molecule has 1 aliphatic rings. The third kappa shape index (κ3) is 2.52. The fourth-order valence-corrected chi connectivity index (χ4v) is 2.54. The van der Waals surface area contributed by atoms with E-state index in [1.165, 1.54) is 7.11 Å². The zero-order chi connectivity index (χ0) is 14.8. The Balaban J connectivity index is 2.01. The lowest BCUT2D eigenvalue weighted by Crippen LogP contribution is -2.46. The van der Waals surface area contributed by atoms with E-state index in [-0.39, 0.29) is 0 Å². The molecule has 2 heterocycles. The number of anilines is 1. The molecule has 0 saturated heterocycles. The third-order valence-electron chi connectivity index (χ3n) is 3.62. The van der Waals surface area contributed by atoms with Gasteiger partial charge in [0.25, 0.3) is 0 Å². The second kappa shape index (κ2) is 5.40. The standard InChI is InChI=1S/C15H15N3O3/c1-21-13-6-7-16-15(17-13)18-9-11-5-3-2-4-10(11)8-12(18)14(19)20/h2-7,12H,8-9H2,1H3,(H,19,20). The van der Waals surface area contributed by atoms with Crippen LogP contribution in [0.15, 0.2) is 36.5 Å². The van der Waals surface area contributed by atoms with Gasteiger partial charge in [-0.25, -0.2) is 9.78 Å². The maximum absolute atomic E-state index is 11.6. The molecular formula is C15H15N3O3. The molecular weight excluding hydrogens is 270 g/mol. The molecule has 0 fully saturated rings. The number of hydrogen-bond acceptors (Lipinski definition) is 5. The number of carbonyl (C=O) groups is 1. The number of carboxylic acid groups (broad SMARTS) is 1. The second-order valence-corrected chi connectivity index (χ2v) is 4.85. The van der Waals surface area contributed by atoms with Gasteiger partial charge in [0.05, 0.1) is 7.11 Å². The molecule has 21 heavy (non-hydrogen) atoms. The van der Waals surface area contributed by atoms with Gasteiger partial charge in [-0.1, -0.05) is 24.3 Å². The normalized spacial score (nSPS) is 17.2. The quantitative estimate of drug-likeness (QED) is 0.921. The molecule has 0 spiro atoms. The molecule has 1 aliphatic heterocycles. The molecule has 1 aromatic heterocycles. The number of ether oxygens (including phenoxy) is 1. The summed E-state index contributed by atoms with van der Waals surface area (Å²) in [4.78, 5) is 21.7. The number of nitrogens with zero attached hydrogens (tertiary/aromatic N) is 3. The van der Waals surface area contributed by atoms with Crippen molar-refractivity contribution in [1.29, 1.82) is 0 Å². The molecule has 1 atom stereocenters. The Kier molecular flexibility index (Phi) is 3.43. The average molecular weight is 285 g/mol. The van der Waals surface area contributed by atoms with Crippen molar-refractivity contribution >= 4 is 11.9 Å². The van der Waals surface area contributed by atoms with Crippen LogP contribution in [0.3, 0.4) is 0 Å². The molecule has 0 amide bonds. The Morgan fingerprint density at radius 2 is 2.10 bits per heavy atom. The van der Waals surface area contributed by atoms with Crippen molar-refractivity contribution in [2.24, 2.45) is 0 Å². The van der Waals surface area contributed by atoms with Crippen LogP contribution in [0.4, 0.5) is 5.95 Å². The first kappa shape index (κ1) is 13.4. The van der Waals surface area contributed by atoms with Gasteiger partial charge < -0.3 is 14.7 Å². The van der Waals surface area contributed by atoms with Crippen LogP contribution in [0, 0.1) is 0 Å². The van der Waals surface area contributed by atoms with Crippen LogP contribution in [0.5, 0.6) is 5.88 Å². The highest BCUT2D eigenvalue weighted by Crippen LogP contribution is 2.27. The van der Waals surface area contributed by atoms with E-state index in [0.29, 0.717) is 24.8 Å². The van der Waals surface area contributed by atoms with Crippen LogP contribution in [-0.2, 0) is 17.8 Å². The Bertz CT molecular complexity index is 675. The van der Waals surface area contributed by atoms with Crippen LogP contribution in [0.2, 0.25) is 0 Å². The van der Waals surface area contributed by atoms with E-state index in [0.717, 1.165) is 11.1 Å². The van der Waals surface area contributed by atoms with Crippen LogP contribution < -0.4 is 9.64 Å². The van der Waals surface area contributed by atoms with E-state index in [2.05, 4.69) is 9.97 Å². The van der Waals surface area contributed by atoms with Crippen molar-refractivity contribution in [1.82, 2.24) is 9.97 Å². The molecule has 0 saturated carbocycles. The van der Waals surface area contributed by atoms with Crippen molar-refractivity contribution in [2.75, 3.05) is 12.0 Å². The number of aliphatic carboxylic acids is 1. The molecule has 1 unspecified atom stereocenters. The summed E-state index contributed by atoms with van der Waals surface area (Å²) < 4.78 is 5.09. The number of rotatable bonds is 3. The summed E-state index contributed by atoms with van der Waals surface area (Å²) in [6.07, 6.45) is 2.01. The Morgan fingerprint density at radius 3 is 2.81 bits per heavy atom. The number of aromatic nitrogens is 2. The molecule has 0 bridgehead atoms. The maximum atomic E-state index is 11.6. The van der Waals surface area contributed by atoms with Gasteiger partial charge >= 0.3 is 5.97 Å². The van der Waals surface area contributed by atoms with Gasteiger partial charge in [-0.15, -0.1) is 0 Å². The van der Waals surface area contributed by atoms with E-state index in [1.54, 1.807) is 17.2 Å². The molecule has 0 aliphatic carbocycles. The number of hydrogen-bond donors (Lipinski definition) is 1. The Labute approximate surface area is 122 Å². The van der Waals surface area contributed by atoms with Gasteiger partial charge in [-0.05, 0) is 11.1 Å². The van der Waals surface area contributed by atoms with E-state index >= 15 is 0 Å². The first-order valence-corrected chi connectivity index (χ1v) is 6.62. The third-order valence-corrected chi connectivity index (χ3v) is 3.62. The van der Waals surface area contributed by atoms with E-state index in [1.807, 2.05) is 24.3 Å². The van der Waals surface area contributed by atoms with Crippen molar-refractivity contribution in [3.63, 3.8) is 0 Å². The first-order valence-electron chi connectivity index (χ1n) is 6.62. The first-order chi connectivity index (χ1) is 10.2. The zero-order valence-electron chi connectivity index (χ0n) is 11.6. The van der Waals surface area contributed by atoms with E-state index < -0.39 is 12.0 Å². The van der Waals surface area contributed by atoms with Crippen molar-refractivity contribution in [2.45, 2.75) is 19.0 Å². The maximum Gasteiger partial charge on any atom is 0.326 e. The predicted molar refractivity (Wildman–Crippen MR) is 76.3 cm³/mol. The fraction of sp³-hybridized carbons (Fsp3) is 0.267. The molecule has 6 heteroatoms. The molecule has 3 rings (SSSR count). The summed E-state index contributed by atoms with van der Waals surface area (Å²) >= 11 is 0. The van der Waals surface area contributed by atoms with Gasteiger partial charge in [0, 0.05) is 25.2 Å². The lowest BCUT2D eigenvalue weighted by molar-refractivity contribution is -0.138. The zero-order valence-corrected chi connectivity index (χ0v) is 11.6. The lowest BCUT2D eigenvalue weighted by Gasteiger charge is -2.34. The SMILES string of the molecule is COc1ccnc(N2Cc3ccccc3CC2C(=O)O)n1. The van der Waals surface area contributed by atoms with Crippen molar-refractivity contribution in [3.05, 3.63) is 47.7 Å². The lowest BCUT2D eigenvalue weighted by atomic mass is 9.94. The molecule has 1 N–H and O–H groups in total. The minimum Gasteiger partial charge on any atom is -0.481 e. The van der Waals surface area contributed by atoms with Crippen LogP contribution in [0.25, 0.3) is 0 Å². The minimum absolute atomic E-state index is 0.372. The molecule has 108 valence electrons. The molecule has 2 aromatic rings. The number of benzene rings is 1. The molecule has 6 nitrogen and oxygen atoms in total. The summed E-state index contributed by atoms with van der Waals surface area (Å²) in [6, 6.07) is 8.80. The Hall–Kier alpha value is -2.63. The van der Waals surface area contributed by atoms with Crippen LogP contribution >= 0.6 is 0 Å².